The third-order valence-electron chi connectivity index (χ3n) is 5.63. The highest BCUT2D eigenvalue weighted by Crippen LogP contribution is 2.37. The molecule has 0 saturated heterocycles. The third-order valence-corrected chi connectivity index (χ3v) is 5.87. The average Bonchev–Trinajstić information content (AvgIpc) is 2.89. The molecule has 0 aliphatic carbocycles. The normalized spacial score (nSPS) is 13.3. The summed E-state index contributed by atoms with van der Waals surface area (Å²) in [6, 6.07) is 11.6. The number of carbonyl (C=O) groups is 4. The Morgan fingerprint density at radius 3 is 2.34 bits per heavy atom. The van der Waals surface area contributed by atoms with Crippen molar-refractivity contribution in [3.05, 3.63) is 53.6 Å². The Labute approximate surface area is 225 Å². The number of carboxylic acids is 1. The summed E-state index contributed by atoms with van der Waals surface area (Å²) < 4.78 is 10.5. The molecule has 12 heteroatoms. The largest absolute Gasteiger partial charge is 0.478 e. The molecule has 2 unspecified atom stereocenters. The van der Waals surface area contributed by atoms with Gasteiger partial charge in [-0.3, -0.25) is 4.79 Å². The van der Waals surface area contributed by atoms with Crippen molar-refractivity contribution in [1.82, 2.24) is 5.32 Å². The maximum absolute atomic E-state index is 13.1. The van der Waals surface area contributed by atoms with Crippen molar-refractivity contribution in [2.24, 2.45) is 10.2 Å². The Morgan fingerprint density at radius 1 is 1.08 bits per heavy atom. The van der Waals surface area contributed by atoms with E-state index in [2.05, 4.69) is 10.2 Å². The lowest BCUT2D eigenvalue weighted by molar-refractivity contribution is -0.168. The summed E-state index contributed by atoms with van der Waals surface area (Å²) in [4.78, 5) is 51.8. The van der Waals surface area contributed by atoms with Gasteiger partial charge in [-0.1, -0.05) is 31.2 Å². The molecular weight excluding hydrogens is 516 g/mol. The molecule has 0 aromatic heterocycles. The number of carboxylic acid groups (broad SMARTS) is 1. The van der Waals surface area contributed by atoms with Gasteiger partial charge in [-0.15, -0.1) is 16.7 Å². The minimum atomic E-state index is -2.92. The number of azo groups is 1. The number of aliphatic carboxylic acids is 1. The Bertz CT molecular complexity index is 1220. The molecule has 0 aliphatic rings. The van der Waals surface area contributed by atoms with E-state index in [0.29, 0.717) is 12.1 Å². The Morgan fingerprint density at radius 2 is 1.74 bits per heavy atom. The number of carbonyl (C=O) groups excluding carboxylic acids is 3. The number of para-hydroxylation sites is 1. The second-order valence-corrected chi connectivity index (χ2v) is 8.53. The molecule has 2 atom stereocenters. The number of aryl methyl sites for hydroxylation is 1. The van der Waals surface area contributed by atoms with Gasteiger partial charge in [0.1, 0.15) is 11.6 Å². The van der Waals surface area contributed by atoms with Gasteiger partial charge in [0.05, 0.1) is 24.1 Å². The van der Waals surface area contributed by atoms with Crippen molar-refractivity contribution in [3.8, 4) is 0 Å². The van der Waals surface area contributed by atoms with Gasteiger partial charge in [0.25, 0.3) is 0 Å². The molecular formula is C26H31ClN4O7. The summed E-state index contributed by atoms with van der Waals surface area (Å²) in [6.07, 6.45) is -0.991. The van der Waals surface area contributed by atoms with E-state index in [4.69, 9.17) is 21.1 Å². The van der Waals surface area contributed by atoms with Gasteiger partial charge in [-0.05, 0) is 63.4 Å². The molecule has 11 nitrogen and oxygen atoms in total. The lowest BCUT2D eigenvalue weighted by atomic mass is 10.1. The van der Waals surface area contributed by atoms with E-state index in [1.54, 1.807) is 51.1 Å². The van der Waals surface area contributed by atoms with Crippen LogP contribution in [0, 0.1) is 13.8 Å². The van der Waals surface area contributed by atoms with Crippen molar-refractivity contribution in [2.75, 3.05) is 17.4 Å². The van der Waals surface area contributed by atoms with Crippen LogP contribution in [0.3, 0.4) is 0 Å². The number of esters is 1. The minimum absolute atomic E-state index is 0.0172. The first-order chi connectivity index (χ1) is 18.0. The highest BCUT2D eigenvalue weighted by molar-refractivity contribution is 6.27. The molecule has 2 amide bonds. The molecule has 0 heterocycles. The molecule has 2 aromatic carbocycles. The van der Waals surface area contributed by atoms with Crippen molar-refractivity contribution in [1.29, 1.82) is 0 Å². The van der Waals surface area contributed by atoms with Crippen LogP contribution in [0.2, 0.25) is 0 Å². The Balaban J connectivity index is 2.72. The fraction of sp³-hybridized carbons (Fsp3) is 0.385. The fourth-order valence-electron chi connectivity index (χ4n) is 3.25. The maximum atomic E-state index is 13.1. The minimum Gasteiger partial charge on any atom is -0.478 e. The lowest BCUT2D eigenvalue weighted by Gasteiger charge is -2.26. The zero-order chi connectivity index (χ0) is 28.5. The molecule has 0 aliphatic heterocycles. The molecule has 0 spiro atoms. The fourth-order valence-corrected chi connectivity index (χ4v) is 3.31. The highest BCUT2D eigenvalue weighted by Gasteiger charge is 2.51. The van der Waals surface area contributed by atoms with Crippen LogP contribution in [0.1, 0.15) is 38.3 Å². The second-order valence-electron chi connectivity index (χ2n) is 8.26. The van der Waals surface area contributed by atoms with E-state index in [1.165, 1.54) is 11.0 Å². The van der Waals surface area contributed by atoms with Crippen LogP contribution in [-0.2, 0) is 23.9 Å². The molecule has 0 fully saturated rings. The molecule has 2 N–H and O–H groups in total. The highest BCUT2D eigenvalue weighted by atomic mass is 35.5. The monoisotopic (exact) mass is 546 g/mol. The van der Waals surface area contributed by atoms with Gasteiger partial charge < -0.3 is 19.9 Å². The van der Waals surface area contributed by atoms with E-state index in [-0.39, 0.29) is 18.0 Å². The summed E-state index contributed by atoms with van der Waals surface area (Å²) in [5.41, 5.74) is -0.500. The summed E-state index contributed by atoms with van der Waals surface area (Å²) in [6.45, 7) is 8.77. The van der Waals surface area contributed by atoms with Gasteiger partial charge >= 0.3 is 23.7 Å². The van der Waals surface area contributed by atoms with E-state index < -0.39 is 41.6 Å². The van der Waals surface area contributed by atoms with Crippen LogP contribution in [0.25, 0.3) is 0 Å². The number of nitrogens with one attached hydrogen (secondary N) is 1. The van der Waals surface area contributed by atoms with Gasteiger partial charge in [0, 0.05) is 0 Å². The third kappa shape index (κ3) is 6.86. The number of hydrogen-bond acceptors (Lipinski definition) is 8. The molecule has 0 saturated carbocycles. The first-order valence-electron chi connectivity index (χ1n) is 11.9. The SMILES string of the molecule is CCOC(=O)N(c1ccccc1N=NC(NC(=O)CCl)(C(=O)O)C(=O)OC(C)CC)c1cccc(C)c1C. The van der Waals surface area contributed by atoms with Crippen molar-refractivity contribution in [2.45, 2.75) is 52.8 Å². The number of alkyl halides is 1. The summed E-state index contributed by atoms with van der Waals surface area (Å²) >= 11 is 5.56. The Hall–Kier alpha value is -3.99. The van der Waals surface area contributed by atoms with E-state index in [1.807, 2.05) is 25.2 Å². The quantitative estimate of drug-likeness (QED) is 0.171. The van der Waals surface area contributed by atoms with Crippen LogP contribution < -0.4 is 10.2 Å². The van der Waals surface area contributed by atoms with Gasteiger partial charge in [-0.2, -0.15) is 5.11 Å². The molecule has 38 heavy (non-hydrogen) atoms. The van der Waals surface area contributed by atoms with Crippen molar-refractivity contribution >= 4 is 52.6 Å². The number of amides is 2. The number of rotatable bonds is 11. The lowest BCUT2D eigenvalue weighted by Crippen LogP contribution is -2.60. The van der Waals surface area contributed by atoms with Crippen LogP contribution in [0.4, 0.5) is 21.9 Å². The molecule has 0 bridgehead atoms. The van der Waals surface area contributed by atoms with Crippen molar-refractivity contribution in [3.63, 3.8) is 0 Å². The predicted octanol–water partition coefficient (Wildman–Crippen LogP) is 5.16. The summed E-state index contributed by atoms with van der Waals surface area (Å²) in [7, 11) is 0. The number of ether oxygens (including phenoxy) is 2. The van der Waals surface area contributed by atoms with Gasteiger partial charge in [-0.25, -0.2) is 19.3 Å². The second kappa shape index (κ2) is 13.5. The van der Waals surface area contributed by atoms with Crippen molar-refractivity contribution < 1.29 is 33.8 Å². The smallest absolute Gasteiger partial charge is 0.419 e. The summed E-state index contributed by atoms with van der Waals surface area (Å²) in [5, 5.41) is 19.8. The van der Waals surface area contributed by atoms with E-state index >= 15 is 0 Å². The number of anilines is 2. The molecule has 204 valence electrons. The standard InChI is InChI=1S/C26H31ClN4O7/c1-6-17(4)38-24(35)26(23(33)34,28-22(32)15-27)30-29-19-12-8-9-13-21(19)31(25(36)37-7-2)20-14-10-11-16(3)18(20)5/h8-14,17H,6-7,15H2,1-5H3,(H,28,32)(H,33,34). The molecule has 2 aromatic rings. The first kappa shape index (κ1) is 30.2. The van der Waals surface area contributed by atoms with Crippen LogP contribution in [-0.4, -0.2) is 53.3 Å². The predicted molar refractivity (Wildman–Crippen MR) is 141 cm³/mol. The van der Waals surface area contributed by atoms with Gasteiger partial charge in [0.15, 0.2) is 0 Å². The number of nitrogens with zero attached hydrogens (tertiary/aromatic N) is 3. The van der Waals surface area contributed by atoms with E-state index in [0.717, 1.165) is 11.1 Å². The average molecular weight is 547 g/mol. The van der Waals surface area contributed by atoms with Crippen LogP contribution >= 0.6 is 11.6 Å². The first-order valence-corrected chi connectivity index (χ1v) is 12.4. The molecule has 2 rings (SSSR count). The van der Waals surface area contributed by atoms with E-state index in [9.17, 15) is 24.3 Å². The maximum Gasteiger partial charge on any atom is 0.419 e. The number of halogens is 1. The Kier molecular flexibility index (Phi) is 10.8. The zero-order valence-electron chi connectivity index (χ0n) is 21.9. The number of benzene rings is 2. The summed E-state index contributed by atoms with van der Waals surface area (Å²) in [5.74, 6) is -4.80. The molecule has 0 radical (unpaired) electrons. The topological polar surface area (TPSA) is 147 Å². The van der Waals surface area contributed by atoms with Crippen LogP contribution in [0.5, 0.6) is 0 Å². The van der Waals surface area contributed by atoms with Crippen LogP contribution in [0.15, 0.2) is 52.7 Å². The number of hydrogen-bond donors (Lipinski definition) is 2. The zero-order valence-corrected chi connectivity index (χ0v) is 22.6. The van der Waals surface area contributed by atoms with Gasteiger partial charge in [0.2, 0.25) is 5.91 Å².